The van der Waals surface area contributed by atoms with Gasteiger partial charge in [0, 0.05) is 18.2 Å². The maximum Gasteiger partial charge on any atom is 0.126 e. The molecule has 1 heterocycles. The molecule has 0 aromatic heterocycles. The summed E-state index contributed by atoms with van der Waals surface area (Å²) in [6, 6.07) is 15.3. The molecule has 1 aliphatic rings. The Morgan fingerprint density at radius 1 is 1.21 bits per heavy atom. The molecule has 126 valence electrons. The van der Waals surface area contributed by atoms with E-state index in [0.29, 0.717) is 12.6 Å². The van der Waals surface area contributed by atoms with Gasteiger partial charge in [-0.1, -0.05) is 61.5 Å². The van der Waals surface area contributed by atoms with Crippen LogP contribution in [0.3, 0.4) is 0 Å². The van der Waals surface area contributed by atoms with Crippen molar-refractivity contribution in [1.82, 2.24) is 4.90 Å². The van der Waals surface area contributed by atoms with Gasteiger partial charge in [0.05, 0.1) is 0 Å². The fraction of sp³-hybridized carbons (Fsp3) is 0.364. The van der Waals surface area contributed by atoms with Crippen molar-refractivity contribution in [1.29, 1.82) is 0 Å². The van der Waals surface area contributed by atoms with Gasteiger partial charge >= 0.3 is 0 Å². The van der Waals surface area contributed by atoms with Crippen LogP contribution < -0.4 is 4.74 Å². The molecule has 0 radical (unpaired) electrons. The number of rotatable bonds is 5. The first-order valence-electron chi connectivity index (χ1n) is 8.76. The van der Waals surface area contributed by atoms with Crippen molar-refractivity contribution < 1.29 is 4.74 Å². The van der Waals surface area contributed by atoms with Crippen LogP contribution in [0.4, 0.5) is 0 Å². The van der Waals surface area contributed by atoms with Gasteiger partial charge in [-0.2, -0.15) is 0 Å². The number of benzene rings is 2. The van der Waals surface area contributed by atoms with E-state index in [1.54, 1.807) is 0 Å². The molecule has 2 aromatic carbocycles. The number of fused-ring (bicyclic) bond motifs is 1. The Kier molecular flexibility index (Phi) is 5.06. The second-order valence-electron chi connectivity index (χ2n) is 6.80. The SMILES string of the molecule is C=C(C)C1Cc2c(ccc(CC)c2OCc2ccccc2)CN1C. The van der Waals surface area contributed by atoms with Gasteiger partial charge in [-0.3, -0.25) is 4.90 Å². The number of hydrogen-bond acceptors (Lipinski definition) is 2. The van der Waals surface area contributed by atoms with Crippen molar-refractivity contribution in [3.05, 3.63) is 76.9 Å². The third-order valence-electron chi connectivity index (χ3n) is 4.96. The maximum atomic E-state index is 6.33. The Labute approximate surface area is 145 Å². The van der Waals surface area contributed by atoms with Gasteiger partial charge in [0.25, 0.3) is 0 Å². The molecular formula is C22H27NO. The standard InChI is InChI=1S/C22H27NO/c1-5-18-11-12-19-14-23(4)21(16(2)3)13-20(19)22(18)24-15-17-9-7-6-8-10-17/h6-12,21H,2,5,13-15H2,1,3-4H3. The molecule has 1 unspecified atom stereocenters. The second kappa shape index (κ2) is 7.23. The first-order chi connectivity index (χ1) is 11.6. The predicted octanol–water partition coefficient (Wildman–Crippen LogP) is 4.76. The van der Waals surface area contributed by atoms with Gasteiger partial charge in [-0.25, -0.2) is 0 Å². The molecule has 24 heavy (non-hydrogen) atoms. The average molecular weight is 321 g/mol. The molecule has 0 saturated carbocycles. The van der Waals surface area contributed by atoms with Gasteiger partial charge in [0.1, 0.15) is 12.4 Å². The number of aryl methyl sites for hydroxylation is 1. The van der Waals surface area contributed by atoms with Gasteiger partial charge in [-0.05, 0) is 43.5 Å². The van der Waals surface area contributed by atoms with Crippen LogP contribution >= 0.6 is 0 Å². The van der Waals surface area contributed by atoms with E-state index < -0.39 is 0 Å². The predicted molar refractivity (Wildman–Crippen MR) is 100 cm³/mol. The van der Waals surface area contributed by atoms with Crippen LogP contribution in [-0.4, -0.2) is 18.0 Å². The number of ether oxygens (including phenoxy) is 1. The molecule has 0 aliphatic carbocycles. The molecular weight excluding hydrogens is 294 g/mol. The monoisotopic (exact) mass is 321 g/mol. The van der Waals surface area contributed by atoms with E-state index in [4.69, 9.17) is 4.74 Å². The summed E-state index contributed by atoms with van der Waals surface area (Å²) in [4.78, 5) is 2.39. The molecule has 1 aliphatic heterocycles. The molecule has 0 fully saturated rings. The van der Waals surface area contributed by atoms with Crippen LogP contribution in [0.2, 0.25) is 0 Å². The first kappa shape index (κ1) is 16.8. The average Bonchev–Trinajstić information content (AvgIpc) is 2.59. The summed E-state index contributed by atoms with van der Waals surface area (Å²) in [5.74, 6) is 1.10. The summed E-state index contributed by atoms with van der Waals surface area (Å²) in [6.07, 6.45) is 1.98. The van der Waals surface area contributed by atoms with Gasteiger partial charge in [-0.15, -0.1) is 0 Å². The van der Waals surface area contributed by atoms with E-state index in [1.807, 2.05) is 6.07 Å². The number of nitrogens with zero attached hydrogens (tertiary/aromatic N) is 1. The van der Waals surface area contributed by atoms with Gasteiger partial charge < -0.3 is 4.74 Å². The molecule has 0 amide bonds. The zero-order valence-electron chi connectivity index (χ0n) is 15.0. The van der Waals surface area contributed by atoms with E-state index in [1.165, 1.54) is 27.8 Å². The Morgan fingerprint density at radius 3 is 2.62 bits per heavy atom. The minimum atomic E-state index is 0.392. The third kappa shape index (κ3) is 3.39. The molecule has 0 bridgehead atoms. The molecule has 0 spiro atoms. The van der Waals surface area contributed by atoms with Crippen LogP contribution in [0, 0.1) is 0 Å². The smallest absolute Gasteiger partial charge is 0.126 e. The summed E-state index contributed by atoms with van der Waals surface area (Å²) in [7, 11) is 2.18. The first-order valence-corrected chi connectivity index (χ1v) is 8.76. The minimum absolute atomic E-state index is 0.392. The molecule has 3 rings (SSSR count). The largest absolute Gasteiger partial charge is 0.488 e. The van der Waals surface area contributed by atoms with Crippen molar-refractivity contribution >= 4 is 0 Å². The van der Waals surface area contributed by atoms with Crippen molar-refractivity contribution in [3.8, 4) is 5.75 Å². The van der Waals surface area contributed by atoms with E-state index in [0.717, 1.165) is 25.1 Å². The maximum absolute atomic E-state index is 6.33. The summed E-state index contributed by atoms with van der Waals surface area (Å²) in [6.45, 7) is 10.1. The van der Waals surface area contributed by atoms with E-state index in [2.05, 4.69) is 68.8 Å². The summed E-state index contributed by atoms with van der Waals surface area (Å²) >= 11 is 0. The lowest BCUT2D eigenvalue weighted by atomic mass is 9.88. The van der Waals surface area contributed by atoms with Crippen LogP contribution in [0.25, 0.3) is 0 Å². The highest BCUT2D eigenvalue weighted by atomic mass is 16.5. The molecule has 0 N–H and O–H groups in total. The zero-order valence-corrected chi connectivity index (χ0v) is 15.0. The summed E-state index contributed by atoms with van der Waals surface area (Å²) in [5.41, 5.74) is 6.49. The van der Waals surface area contributed by atoms with Gasteiger partial charge in [0.15, 0.2) is 0 Å². The summed E-state index contributed by atoms with van der Waals surface area (Å²) in [5, 5.41) is 0. The highest BCUT2D eigenvalue weighted by molar-refractivity contribution is 5.49. The van der Waals surface area contributed by atoms with E-state index in [9.17, 15) is 0 Å². The second-order valence-corrected chi connectivity index (χ2v) is 6.80. The molecule has 2 heteroatoms. The van der Waals surface area contributed by atoms with Crippen molar-refractivity contribution in [2.75, 3.05) is 7.05 Å². The summed E-state index contributed by atoms with van der Waals surface area (Å²) < 4.78 is 6.33. The van der Waals surface area contributed by atoms with Crippen LogP contribution in [0.1, 0.15) is 36.1 Å². The molecule has 1 atom stereocenters. The fourth-order valence-corrected chi connectivity index (χ4v) is 3.56. The Balaban J connectivity index is 1.92. The molecule has 0 saturated heterocycles. The van der Waals surface area contributed by atoms with Crippen molar-refractivity contribution in [2.24, 2.45) is 0 Å². The quantitative estimate of drug-likeness (QED) is 0.736. The van der Waals surface area contributed by atoms with Crippen LogP contribution in [0.15, 0.2) is 54.6 Å². The lowest BCUT2D eigenvalue weighted by Crippen LogP contribution is -2.38. The van der Waals surface area contributed by atoms with Crippen molar-refractivity contribution in [3.63, 3.8) is 0 Å². The Hall–Kier alpha value is -2.06. The highest BCUT2D eigenvalue weighted by Crippen LogP contribution is 2.35. The topological polar surface area (TPSA) is 12.5 Å². The lowest BCUT2D eigenvalue weighted by Gasteiger charge is -2.36. The fourth-order valence-electron chi connectivity index (χ4n) is 3.56. The highest BCUT2D eigenvalue weighted by Gasteiger charge is 2.27. The Morgan fingerprint density at radius 2 is 1.96 bits per heavy atom. The number of likely N-dealkylation sites (N-methyl/N-ethyl adjacent to an activating group) is 1. The van der Waals surface area contributed by atoms with Crippen LogP contribution in [-0.2, 0) is 26.0 Å². The Bertz CT molecular complexity index is 720. The number of hydrogen-bond donors (Lipinski definition) is 0. The minimum Gasteiger partial charge on any atom is -0.488 e. The normalized spacial score (nSPS) is 17.4. The molecule has 2 nitrogen and oxygen atoms in total. The van der Waals surface area contributed by atoms with E-state index >= 15 is 0 Å². The van der Waals surface area contributed by atoms with Gasteiger partial charge in [0.2, 0.25) is 0 Å². The molecule has 2 aromatic rings. The zero-order chi connectivity index (χ0) is 17.1. The van der Waals surface area contributed by atoms with E-state index in [-0.39, 0.29) is 0 Å². The van der Waals surface area contributed by atoms with Crippen molar-refractivity contribution in [2.45, 2.75) is 45.9 Å². The third-order valence-corrected chi connectivity index (χ3v) is 4.96. The van der Waals surface area contributed by atoms with Crippen LogP contribution in [0.5, 0.6) is 5.75 Å². The lowest BCUT2D eigenvalue weighted by molar-refractivity contribution is 0.235.